The fraction of sp³-hybridized carbons (Fsp3) is 1.00. The van der Waals surface area contributed by atoms with Gasteiger partial charge in [0.15, 0.2) is 0 Å². The van der Waals surface area contributed by atoms with Gasteiger partial charge in [0.1, 0.15) is 0 Å². The maximum Gasteiger partial charge on any atom is -0.0412 e. The van der Waals surface area contributed by atoms with Gasteiger partial charge in [0.05, 0.1) is 0 Å². The quantitative estimate of drug-likeness (QED) is 0.460. The Bertz CT molecular complexity index is 217. The summed E-state index contributed by atoms with van der Waals surface area (Å²) in [5.41, 5.74) is 0. The van der Waals surface area contributed by atoms with Gasteiger partial charge >= 0.3 is 0 Å². The highest BCUT2D eigenvalue weighted by atomic mass is 14.3. The molecule has 3 saturated carbocycles. The lowest BCUT2D eigenvalue weighted by Gasteiger charge is -2.14. The minimum atomic E-state index is 1.11. The van der Waals surface area contributed by atoms with E-state index in [2.05, 4.69) is 0 Å². The molecule has 0 heterocycles. The van der Waals surface area contributed by atoms with Crippen molar-refractivity contribution in [3.63, 3.8) is 0 Å². The summed E-state index contributed by atoms with van der Waals surface area (Å²) in [5.74, 6) is 4.46. The van der Waals surface area contributed by atoms with Crippen molar-refractivity contribution in [1.82, 2.24) is 0 Å². The van der Waals surface area contributed by atoms with E-state index >= 15 is 0 Å². The molecule has 3 aliphatic rings. The van der Waals surface area contributed by atoms with Crippen molar-refractivity contribution in [1.29, 1.82) is 0 Å². The van der Waals surface area contributed by atoms with E-state index in [0.717, 1.165) is 23.7 Å². The van der Waals surface area contributed by atoms with Gasteiger partial charge in [-0.1, -0.05) is 89.9 Å². The highest BCUT2D eigenvalue weighted by molar-refractivity contribution is 4.78. The number of hydrogen-bond acceptors (Lipinski definition) is 0. The molecule has 0 aromatic rings. The van der Waals surface area contributed by atoms with E-state index in [1.54, 1.807) is 64.2 Å². The zero-order valence-electron chi connectivity index (χ0n) is 13.6. The van der Waals surface area contributed by atoms with Gasteiger partial charge < -0.3 is 0 Å². The SMILES string of the molecule is C1CCC2CCC(CCCCCC3CCC(CC1)C3)C2. The first kappa shape index (κ1) is 14.9. The van der Waals surface area contributed by atoms with Gasteiger partial charge in [-0.3, -0.25) is 0 Å². The lowest BCUT2D eigenvalue weighted by Crippen LogP contribution is -2.00. The Balaban J connectivity index is 1.45. The molecule has 0 aliphatic heterocycles. The van der Waals surface area contributed by atoms with Crippen LogP contribution in [0, 0.1) is 23.7 Å². The normalized spacial score (nSPS) is 40.8. The molecule has 0 nitrogen and oxygen atoms in total. The molecule has 0 amide bonds. The van der Waals surface area contributed by atoms with Gasteiger partial charge in [0.2, 0.25) is 0 Å². The largest absolute Gasteiger partial charge is 0.0533 e. The van der Waals surface area contributed by atoms with Gasteiger partial charge in [-0.25, -0.2) is 0 Å². The molecule has 0 aromatic carbocycles. The maximum atomic E-state index is 1.59. The van der Waals surface area contributed by atoms with Crippen molar-refractivity contribution in [3.8, 4) is 0 Å². The molecule has 4 unspecified atom stereocenters. The molecular weight excluding hydrogens is 240 g/mol. The summed E-state index contributed by atoms with van der Waals surface area (Å²) in [5, 5.41) is 0. The molecule has 4 bridgehead atoms. The molecule has 0 N–H and O–H groups in total. The van der Waals surface area contributed by atoms with Gasteiger partial charge in [-0.15, -0.1) is 0 Å². The van der Waals surface area contributed by atoms with E-state index in [0.29, 0.717) is 0 Å². The second kappa shape index (κ2) is 7.85. The fourth-order valence-electron chi connectivity index (χ4n) is 5.49. The van der Waals surface area contributed by atoms with Crippen LogP contribution in [0.5, 0.6) is 0 Å². The lowest BCUT2D eigenvalue weighted by molar-refractivity contribution is 0.384. The summed E-state index contributed by atoms with van der Waals surface area (Å²) >= 11 is 0. The van der Waals surface area contributed by atoms with Gasteiger partial charge in [0, 0.05) is 0 Å². The Morgan fingerprint density at radius 3 is 0.900 bits per heavy atom. The zero-order valence-corrected chi connectivity index (χ0v) is 13.6. The van der Waals surface area contributed by atoms with Gasteiger partial charge in [0.25, 0.3) is 0 Å². The number of rotatable bonds is 0. The Kier molecular flexibility index (Phi) is 5.86. The van der Waals surface area contributed by atoms with Crippen LogP contribution in [-0.2, 0) is 0 Å². The first-order valence-corrected chi connectivity index (χ1v) is 9.90. The smallest absolute Gasteiger partial charge is 0.0412 e. The summed E-state index contributed by atoms with van der Waals surface area (Å²) in [7, 11) is 0. The molecule has 0 radical (unpaired) electrons. The van der Waals surface area contributed by atoms with Crippen LogP contribution in [0.4, 0.5) is 0 Å². The molecule has 4 atom stereocenters. The van der Waals surface area contributed by atoms with Crippen LogP contribution >= 0.6 is 0 Å². The average Bonchev–Trinajstić information content (AvgIpc) is 3.07. The molecule has 0 spiro atoms. The molecule has 3 aliphatic carbocycles. The van der Waals surface area contributed by atoms with Crippen molar-refractivity contribution in [2.24, 2.45) is 23.7 Å². The third kappa shape index (κ3) is 4.50. The van der Waals surface area contributed by atoms with Crippen LogP contribution in [0.15, 0.2) is 0 Å². The van der Waals surface area contributed by atoms with Crippen molar-refractivity contribution in [2.45, 2.75) is 103 Å². The van der Waals surface area contributed by atoms with E-state index in [1.165, 1.54) is 38.5 Å². The van der Waals surface area contributed by atoms with Crippen LogP contribution in [0.3, 0.4) is 0 Å². The molecule has 3 fully saturated rings. The minimum absolute atomic E-state index is 1.11. The summed E-state index contributed by atoms with van der Waals surface area (Å²) in [4.78, 5) is 0. The molecule has 0 heteroatoms. The molecule has 116 valence electrons. The van der Waals surface area contributed by atoms with Crippen molar-refractivity contribution in [3.05, 3.63) is 0 Å². The van der Waals surface area contributed by atoms with Crippen LogP contribution in [0.2, 0.25) is 0 Å². The van der Waals surface area contributed by atoms with E-state index in [1.807, 2.05) is 0 Å². The molecular formula is C20H36. The monoisotopic (exact) mass is 276 g/mol. The maximum absolute atomic E-state index is 1.59. The Labute approximate surface area is 127 Å². The molecule has 20 heavy (non-hydrogen) atoms. The topological polar surface area (TPSA) is 0 Å². The minimum Gasteiger partial charge on any atom is -0.0533 e. The average molecular weight is 277 g/mol. The predicted octanol–water partition coefficient (Wildman–Crippen LogP) is 6.73. The highest BCUT2D eigenvalue weighted by Gasteiger charge is 2.25. The zero-order chi connectivity index (χ0) is 13.6. The molecule has 0 aromatic heterocycles. The van der Waals surface area contributed by atoms with Crippen LogP contribution in [0.1, 0.15) is 103 Å². The Morgan fingerprint density at radius 2 is 0.600 bits per heavy atom. The molecule has 0 saturated heterocycles. The number of hydrogen-bond donors (Lipinski definition) is 0. The van der Waals surface area contributed by atoms with Gasteiger partial charge in [-0.05, 0) is 36.5 Å². The number of fused-ring (bicyclic) bond motifs is 4. The van der Waals surface area contributed by atoms with Crippen molar-refractivity contribution >= 4 is 0 Å². The first-order chi connectivity index (χ1) is 9.90. The summed E-state index contributed by atoms with van der Waals surface area (Å²) in [6, 6.07) is 0. The van der Waals surface area contributed by atoms with Crippen molar-refractivity contribution < 1.29 is 0 Å². The Morgan fingerprint density at radius 1 is 0.300 bits per heavy atom. The highest BCUT2D eigenvalue weighted by Crippen LogP contribution is 2.39. The first-order valence-electron chi connectivity index (χ1n) is 9.90. The van der Waals surface area contributed by atoms with E-state index in [-0.39, 0.29) is 0 Å². The van der Waals surface area contributed by atoms with Crippen molar-refractivity contribution in [2.75, 3.05) is 0 Å². The summed E-state index contributed by atoms with van der Waals surface area (Å²) < 4.78 is 0. The van der Waals surface area contributed by atoms with Crippen LogP contribution in [0.25, 0.3) is 0 Å². The second-order valence-electron chi connectivity index (χ2n) is 8.37. The van der Waals surface area contributed by atoms with Crippen LogP contribution in [-0.4, -0.2) is 0 Å². The van der Waals surface area contributed by atoms with E-state index in [9.17, 15) is 0 Å². The van der Waals surface area contributed by atoms with E-state index in [4.69, 9.17) is 0 Å². The summed E-state index contributed by atoms with van der Waals surface area (Å²) in [6.07, 6.45) is 24.9. The summed E-state index contributed by atoms with van der Waals surface area (Å²) in [6.45, 7) is 0. The third-order valence-electron chi connectivity index (χ3n) is 6.75. The Hall–Kier alpha value is 0. The van der Waals surface area contributed by atoms with Gasteiger partial charge in [-0.2, -0.15) is 0 Å². The fourth-order valence-corrected chi connectivity index (χ4v) is 5.49. The van der Waals surface area contributed by atoms with Crippen LogP contribution < -0.4 is 0 Å². The third-order valence-corrected chi connectivity index (χ3v) is 6.75. The molecule has 3 rings (SSSR count). The standard InChI is InChI=1S/C20H36/c1-3-7-17-11-13-19(15-17)9-5-2-6-10-20-14-12-18(16-20)8-4-1/h17-20H,1-16H2. The lowest BCUT2D eigenvalue weighted by atomic mass is 9.92. The second-order valence-corrected chi connectivity index (χ2v) is 8.37. The van der Waals surface area contributed by atoms with E-state index < -0.39 is 0 Å². The predicted molar refractivity (Wildman–Crippen MR) is 87.8 cm³/mol.